The number of rotatable bonds is 4. The van der Waals surface area contributed by atoms with E-state index in [1.165, 1.54) is 5.69 Å². The molecule has 0 spiro atoms. The maximum absolute atomic E-state index is 12.5. The van der Waals surface area contributed by atoms with Gasteiger partial charge >= 0.3 is 0 Å². The van der Waals surface area contributed by atoms with Crippen LogP contribution in [0.15, 0.2) is 42.5 Å². The van der Waals surface area contributed by atoms with Crippen LogP contribution in [0.2, 0.25) is 5.02 Å². The maximum Gasteiger partial charge on any atom is 0.238 e. The zero-order chi connectivity index (χ0) is 19.3. The number of anilines is 2. The third-order valence-electron chi connectivity index (χ3n) is 4.97. The quantitative estimate of drug-likeness (QED) is 0.852. The van der Waals surface area contributed by atoms with Gasteiger partial charge in [0.25, 0.3) is 0 Å². The molecule has 0 saturated carbocycles. The van der Waals surface area contributed by atoms with Crippen LogP contribution in [-0.4, -0.2) is 56.7 Å². The number of para-hydroxylation sites is 1. The zero-order valence-electron chi connectivity index (χ0n) is 15.7. The number of carbonyl (C=O) groups is 1. The van der Waals surface area contributed by atoms with E-state index in [2.05, 4.69) is 27.2 Å². The Bertz CT molecular complexity index is 823. The van der Waals surface area contributed by atoms with Crippen LogP contribution in [0, 0.1) is 0 Å². The number of halogens is 1. The largest absolute Gasteiger partial charge is 0.490 e. The van der Waals surface area contributed by atoms with E-state index in [4.69, 9.17) is 21.1 Å². The Hall–Kier alpha value is -2.44. The van der Waals surface area contributed by atoms with Gasteiger partial charge < -0.3 is 19.7 Å². The van der Waals surface area contributed by atoms with E-state index in [0.717, 1.165) is 32.6 Å². The molecule has 0 aliphatic carbocycles. The third kappa shape index (κ3) is 4.51. The van der Waals surface area contributed by atoms with E-state index in [0.29, 0.717) is 42.0 Å². The van der Waals surface area contributed by atoms with Gasteiger partial charge in [0, 0.05) is 50.4 Å². The van der Waals surface area contributed by atoms with Crippen molar-refractivity contribution in [2.75, 3.05) is 56.2 Å². The molecule has 2 aliphatic rings. The Kier molecular flexibility index (Phi) is 5.88. The van der Waals surface area contributed by atoms with Crippen molar-refractivity contribution in [3.05, 3.63) is 47.5 Å². The van der Waals surface area contributed by atoms with Crippen molar-refractivity contribution in [3.8, 4) is 11.5 Å². The van der Waals surface area contributed by atoms with Crippen molar-refractivity contribution in [2.24, 2.45) is 0 Å². The van der Waals surface area contributed by atoms with Gasteiger partial charge in [-0.2, -0.15) is 0 Å². The third-order valence-corrected chi connectivity index (χ3v) is 5.28. The summed E-state index contributed by atoms with van der Waals surface area (Å²) in [6.07, 6.45) is 0.822. The van der Waals surface area contributed by atoms with Crippen LogP contribution in [0.5, 0.6) is 11.5 Å². The number of amides is 1. The Labute approximate surface area is 170 Å². The molecule has 0 unspecified atom stereocenters. The lowest BCUT2D eigenvalue weighted by atomic mass is 10.2. The first-order valence-corrected chi connectivity index (χ1v) is 9.98. The topological polar surface area (TPSA) is 54.0 Å². The molecule has 0 atom stereocenters. The van der Waals surface area contributed by atoms with Gasteiger partial charge in [-0.15, -0.1) is 0 Å². The second-order valence-corrected chi connectivity index (χ2v) is 7.38. The highest BCUT2D eigenvalue weighted by molar-refractivity contribution is 6.34. The van der Waals surface area contributed by atoms with Gasteiger partial charge in [-0.3, -0.25) is 9.69 Å². The van der Waals surface area contributed by atoms with Crippen LogP contribution in [-0.2, 0) is 4.79 Å². The molecular weight excluding hydrogens is 378 g/mol. The van der Waals surface area contributed by atoms with Gasteiger partial charge in [-0.25, -0.2) is 0 Å². The second-order valence-electron chi connectivity index (χ2n) is 6.98. The number of hydrogen-bond donors (Lipinski definition) is 1. The highest BCUT2D eigenvalue weighted by Crippen LogP contribution is 2.37. The lowest BCUT2D eigenvalue weighted by molar-refractivity contribution is -0.117. The summed E-state index contributed by atoms with van der Waals surface area (Å²) >= 11 is 6.32. The molecule has 1 saturated heterocycles. The number of carbonyl (C=O) groups excluding carboxylic acids is 1. The molecule has 2 aromatic rings. The summed E-state index contributed by atoms with van der Waals surface area (Å²) in [4.78, 5) is 17.0. The smallest absolute Gasteiger partial charge is 0.238 e. The van der Waals surface area contributed by atoms with E-state index >= 15 is 0 Å². The van der Waals surface area contributed by atoms with Gasteiger partial charge in [0.1, 0.15) is 0 Å². The minimum absolute atomic E-state index is 0.0791. The molecule has 2 aliphatic heterocycles. The van der Waals surface area contributed by atoms with Crippen molar-refractivity contribution in [1.82, 2.24) is 4.90 Å². The number of benzene rings is 2. The summed E-state index contributed by atoms with van der Waals surface area (Å²) in [5.74, 6) is 1.16. The predicted octanol–water partition coefficient (Wildman–Crippen LogP) is 3.26. The fourth-order valence-electron chi connectivity index (χ4n) is 3.48. The summed E-state index contributed by atoms with van der Waals surface area (Å²) in [6, 6.07) is 13.8. The molecule has 1 N–H and O–H groups in total. The summed E-state index contributed by atoms with van der Waals surface area (Å²) in [6.45, 7) is 5.03. The van der Waals surface area contributed by atoms with Gasteiger partial charge in [0.05, 0.1) is 30.5 Å². The summed E-state index contributed by atoms with van der Waals surface area (Å²) < 4.78 is 11.3. The van der Waals surface area contributed by atoms with Gasteiger partial charge in [-0.1, -0.05) is 29.8 Å². The SMILES string of the molecule is O=C(CN1CCN(c2ccccc2)CC1)Nc1cc2c(cc1Cl)OCCCO2. The van der Waals surface area contributed by atoms with E-state index in [1.807, 2.05) is 18.2 Å². The molecule has 1 fully saturated rings. The molecule has 148 valence electrons. The summed E-state index contributed by atoms with van der Waals surface area (Å²) in [5, 5.41) is 3.36. The Morgan fingerprint density at radius 2 is 1.68 bits per heavy atom. The first-order valence-electron chi connectivity index (χ1n) is 9.60. The maximum atomic E-state index is 12.5. The van der Waals surface area contributed by atoms with Crippen molar-refractivity contribution in [3.63, 3.8) is 0 Å². The zero-order valence-corrected chi connectivity index (χ0v) is 16.5. The molecule has 2 aromatic carbocycles. The predicted molar refractivity (Wildman–Crippen MR) is 111 cm³/mol. The molecule has 28 heavy (non-hydrogen) atoms. The summed E-state index contributed by atoms with van der Waals surface area (Å²) in [7, 11) is 0. The average molecular weight is 402 g/mol. The fraction of sp³-hybridized carbons (Fsp3) is 0.381. The average Bonchev–Trinajstić information content (AvgIpc) is 2.94. The second kappa shape index (κ2) is 8.71. The molecule has 4 rings (SSSR count). The molecule has 0 aromatic heterocycles. The molecule has 0 bridgehead atoms. The Morgan fingerprint density at radius 3 is 2.39 bits per heavy atom. The standard InChI is InChI=1S/C21H24ClN3O3/c22-17-13-19-20(28-12-4-11-27-19)14-18(17)23-21(26)15-24-7-9-25(10-8-24)16-5-2-1-3-6-16/h1-3,5-6,13-14H,4,7-12,15H2,(H,23,26). The van der Waals surface area contributed by atoms with Gasteiger partial charge in [0.15, 0.2) is 11.5 Å². The van der Waals surface area contributed by atoms with Gasteiger partial charge in [0.2, 0.25) is 5.91 Å². The van der Waals surface area contributed by atoms with Crippen LogP contribution < -0.4 is 19.7 Å². The molecule has 1 amide bonds. The van der Waals surface area contributed by atoms with Crippen LogP contribution >= 0.6 is 11.6 Å². The van der Waals surface area contributed by atoms with Crippen molar-refractivity contribution >= 4 is 28.9 Å². The highest BCUT2D eigenvalue weighted by atomic mass is 35.5. The lowest BCUT2D eigenvalue weighted by Crippen LogP contribution is -2.48. The molecule has 6 nitrogen and oxygen atoms in total. The van der Waals surface area contributed by atoms with Crippen LogP contribution in [0.3, 0.4) is 0 Å². The first kappa shape index (κ1) is 18.9. The number of fused-ring (bicyclic) bond motifs is 1. The minimum Gasteiger partial charge on any atom is -0.490 e. The minimum atomic E-state index is -0.0791. The van der Waals surface area contributed by atoms with Crippen molar-refractivity contribution in [1.29, 1.82) is 0 Å². The lowest BCUT2D eigenvalue weighted by Gasteiger charge is -2.35. The number of hydrogen-bond acceptors (Lipinski definition) is 5. The number of nitrogens with zero attached hydrogens (tertiary/aromatic N) is 2. The molecule has 7 heteroatoms. The molecule has 0 radical (unpaired) electrons. The van der Waals surface area contributed by atoms with E-state index in [9.17, 15) is 4.79 Å². The number of ether oxygens (including phenoxy) is 2. The van der Waals surface area contributed by atoms with Crippen molar-refractivity contribution in [2.45, 2.75) is 6.42 Å². The normalized spacial score (nSPS) is 17.1. The van der Waals surface area contributed by atoms with Crippen LogP contribution in [0.25, 0.3) is 0 Å². The highest BCUT2D eigenvalue weighted by Gasteiger charge is 2.20. The van der Waals surface area contributed by atoms with E-state index in [1.54, 1.807) is 12.1 Å². The fourth-order valence-corrected chi connectivity index (χ4v) is 3.68. The van der Waals surface area contributed by atoms with Crippen molar-refractivity contribution < 1.29 is 14.3 Å². The Morgan fingerprint density at radius 1 is 1.00 bits per heavy atom. The number of piperazine rings is 1. The molecule has 2 heterocycles. The van der Waals surface area contributed by atoms with E-state index in [-0.39, 0.29) is 5.91 Å². The Balaban J connectivity index is 1.32. The number of nitrogens with one attached hydrogen (secondary N) is 1. The molecular formula is C21H24ClN3O3. The van der Waals surface area contributed by atoms with Crippen LogP contribution in [0.4, 0.5) is 11.4 Å². The van der Waals surface area contributed by atoms with Crippen LogP contribution in [0.1, 0.15) is 6.42 Å². The van der Waals surface area contributed by atoms with E-state index < -0.39 is 0 Å². The summed E-state index contributed by atoms with van der Waals surface area (Å²) in [5.41, 5.74) is 1.78. The monoisotopic (exact) mass is 401 g/mol. The van der Waals surface area contributed by atoms with Gasteiger partial charge in [-0.05, 0) is 12.1 Å². The first-order chi connectivity index (χ1) is 13.7.